The highest BCUT2D eigenvalue weighted by atomic mass is 19.4. The minimum Gasteiger partial charge on any atom is -0.478 e. The van der Waals surface area contributed by atoms with Crippen LogP contribution in [0.3, 0.4) is 0 Å². The lowest BCUT2D eigenvalue weighted by Crippen LogP contribution is -2.08. The molecule has 0 aliphatic rings. The molecular formula is C15H11F3N2O2. The second-order valence-corrected chi connectivity index (χ2v) is 4.34. The maximum absolute atomic E-state index is 12.8. The largest absolute Gasteiger partial charge is 0.478 e. The molecule has 22 heavy (non-hydrogen) atoms. The molecule has 0 saturated heterocycles. The van der Waals surface area contributed by atoms with Gasteiger partial charge in [-0.2, -0.15) is 18.3 Å². The predicted octanol–water partition coefficient (Wildman–Crippen LogP) is 3.85. The summed E-state index contributed by atoms with van der Waals surface area (Å²) in [7, 11) is 0. The van der Waals surface area contributed by atoms with Crippen LogP contribution in [0.2, 0.25) is 0 Å². The van der Waals surface area contributed by atoms with E-state index in [1.807, 2.05) is 0 Å². The molecule has 0 aliphatic carbocycles. The summed E-state index contributed by atoms with van der Waals surface area (Å²) >= 11 is 0. The zero-order valence-corrected chi connectivity index (χ0v) is 11.1. The van der Waals surface area contributed by atoms with Crippen LogP contribution in [-0.2, 0) is 6.18 Å². The highest BCUT2D eigenvalue weighted by Crippen LogP contribution is 2.31. The number of hydrogen-bond acceptors (Lipinski definition) is 3. The Kier molecular flexibility index (Phi) is 4.45. The summed E-state index contributed by atoms with van der Waals surface area (Å²) in [5.74, 6) is -1.06. The van der Waals surface area contributed by atoms with Crippen molar-refractivity contribution in [3.63, 3.8) is 0 Å². The molecule has 0 aliphatic heterocycles. The van der Waals surface area contributed by atoms with Crippen molar-refractivity contribution in [3.8, 4) is 0 Å². The number of carbonyl (C=O) groups is 1. The van der Waals surface area contributed by atoms with Gasteiger partial charge in [0.25, 0.3) is 0 Å². The fourth-order valence-electron chi connectivity index (χ4n) is 1.73. The first-order valence-electron chi connectivity index (χ1n) is 6.16. The van der Waals surface area contributed by atoms with E-state index >= 15 is 0 Å². The maximum Gasteiger partial charge on any atom is 0.417 e. The zero-order chi connectivity index (χ0) is 16.2. The number of benzene rings is 2. The average molecular weight is 308 g/mol. The molecule has 0 atom stereocenters. The van der Waals surface area contributed by atoms with E-state index < -0.39 is 17.7 Å². The van der Waals surface area contributed by atoms with Gasteiger partial charge in [-0.3, -0.25) is 5.43 Å². The standard InChI is InChI=1S/C15H11F3N2O2/c16-15(17,18)13-4-2-1-3-11(13)9-19-20-12-7-5-10(6-8-12)14(21)22/h1-9,20H,(H,21,22)/b19-9-. The van der Waals surface area contributed by atoms with E-state index in [9.17, 15) is 18.0 Å². The number of alkyl halides is 3. The van der Waals surface area contributed by atoms with Gasteiger partial charge in [-0.05, 0) is 30.3 Å². The van der Waals surface area contributed by atoms with E-state index in [0.29, 0.717) is 5.69 Å². The molecule has 2 N–H and O–H groups in total. The lowest BCUT2D eigenvalue weighted by atomic mass is 10.1. The molecule has 0 heterocycles. The van der Waals surface area contributed by atoms with E-state index in [4.69, 9.17) is 5.11 Å². The summed E-state index contributed by atoms with van der Waals surface area (Å²) in [6.07, 6.45) is -3.39. The molecule has 0 spiro atoms. The summed E-state index contributed by atoms with van der Waals surface area (Å²) < 4.78 is 38.3. The van der Waals surface area contributed by atoms with E-state index in [1.165, 1.54) is 42.5 Å². The third-order valence-electron chi connectivity index (χ3n) is 2.80. The minimum absolute atomic E-state index is 0.0651. The molecule has 0 radical (unpaired) electrons. The van der Waals surface area contributed by atoms with Gasteiger partial charge in [-0.1, -0.05) is 18.2 Å². The number of carboxylic acids is 1. The van der Waals surface area contributed by atoms with Crippen molar-refractivity contribution in [2.75, 3.05) is 5.43 Å². The molecular weight excluding hydrogens is 297 g/mol. The number of nitrogens with one attached hydrogen (secondary N) is 1. The lowest BCUT2D eigenvalue weighted by Gasteiger charge is -2.09. The van der Waals surface area contributed by atoms with Crippen molar-refractivity contribution in [1.29, 1.82) is 0 Å². The molecule has 7 heteroatoms. The third-order valence-corrected chi connectivity index (χ3v) is 2.80. The quantitative estimate of drug-likeness (QED) is 0.666. The van der Waals surface area contributed by atoms with Gasteiger partial charge >= 0.3 is 12.1 Å². The maximum atomic E-state index is 12.8. The fraction of sp³-hybridized carbons (Fsp3) is 0.0667. The van der Waals surface area contributed by atoms with Gasteiger partial charge in [0.05, 0.1) is 23.0 Å². The SMILES string of the molecule is O=C(O)c1ccc(N/N=C\c2ccccc2C(F)(F)F)cc1. The number of hydrogen-bond donors (Lipinski definition) is 2. The second-order valence-electron chi connectivity index (χ2n) is 4.34. The Bertz CT molecular complexity index is 695. The molecule has 0 amide bonds. The molecule has 4 nitrogen and oxygen atoms in total. The van der Waals surface area contributed by atoms with Gasteiger partial charge in [-0.15, -0.1) is 0 Å². The Morgan fingerprint density at radius 2 is 1.73 bits per heavy atom. The first-order chi connectivity index (χ1) is 10.4. The van der Waals surface area contributed by atoms with Gasteiger partial charge in [0, 0.05) is 5.56 Å². The molecule has 0 fully saturated rings. The van der Waals surface area contributed by atoms with Gasteiger partial charge in [0.1, 0.15) is 0 Å². The first kappa shape index (κ1) is 15.6. The third kappa shape index (κ3) is 3.85. The Balaban J connectivity index is 2.12. The van der Waals surface area contributed by atoms with Crippen LogP contribution in [0.25, 0.3) is 0 Å². The average Bonchev–Trinajstić information content (AvgIpc) is 2.47. The van der Waals surface area contributed by atoms with Crippen LogP contribution in [0, 0.1) is 0 Å². The fourth-order valence-corrected chi connectivity index (χ4v) is 1.73. The van der Waals surface area contributed by atoms with Gasteiger partial charge < -0.3 is 5.11 Å². The molecule has 2 rings (SSSR count). The monoisotopic (exact) mass is 308 g/mol. The van der Waals surface area contributed by atoms with E-state index in [-0.39, 0.29) is 11.1 Å². The van der Waals surface area contributed by atoms with Gasteiger partial charge in [0.15, 0.2) is 0 Å². The topological polar surface area (TPSA) is 61.7 Å². The highest BCUT2D eigenvalue weighted by Gasteiger charge is 2.32. The van der Waals surface area contributed by atoms with Crippen LogP contribution < -0.4 is 5.43 Å². The Morgan fingerprint density at radius 1 is 1.09 bits per heavy atom. The van der Waals surface area contributed by atoms with Crippen LogP contribution >= 0.6 is 0 Å². The van der Waals surface area contributed by atoms with E-state index in [0.717, 1.165) is 12.3 Å². The summed E-state index contributed by atoms with van der Waals surface area (Å²) in [5.41, 5.74) is 2.28. The smallest absolute Gasteiger partial charge is 0.417 e. The van der Waals surface area contributed by atoms with E-state index in [2.05, 4.69) is 10.5 Å². The first-order valence-corrected chi connectivity index (χ1v) is 6.16. The van der Waals surface area contributed by atoms with Crippen molar-refractivity contribution in [3.05, 3.63) is 65.2 Å². The molecule has 114 valence electrons. The van der Waals surface area contributed by atoms with Crippen molar-refractivity contribution < 1.29 is 23.1 Å². The van der Waals surface area contributed by atoms with Crippen LogP contribution in [0.5, 0.6) is 0 Å². The summed E-state index contributed by atoms with van der Waals surface area (Å²) in [6.45, 7) is 0. The molecule has 2 aromatic rings. The lowest BCUT2D eigenvalue weighted by molar-refractivity contribution is -0.137. The Labute approximate surface area is 123 Å². The molecule has 0 aromatic heterocycles. The highest BCUT2D eigenvalue weighted by molar-refractivity contribution is 5.88. The number of hydrazone groups is 1. The van der Waals surface area contributed by atoms with Gasteiger partial charge in [0.2, 0.25) is 0 Å². The van der Waals surface area contributed by atoms with Crippen LogP contribution in [0.4, 0.5) is 18.9 Å². The molecule has 2 aromatic carbocycles. The van der Waals surface area contributed by atoms with Crippen LogP contribution in [-0.4, -0.2) is 17.3 Å². The van der Waals surface area contributed by atoms with Crippen molar-refractivity contribution >= 4 is 17.9 Å². The zero-order valence-electron chi connectivity index (χ0n) is 11.1. The Hall–Kier alpha value is -2.83. The minimum atomic E-state index is -4.45. The van der Waals surface area contributed by atoms with Crippen LogP contribution in [0.15, 0.2) is 53.6 Å². The van der Waals surface area contributed by atoms with Crippen LogP contribution in [0.1, 0.15) is 21.5 Å². The summed E-state index contributed by atoms with van der Waals surface area (Å²) in [6, 6.07) is 10.7. The Morgan fingerprint density at radius 3 is 2.32 bits per heavy atom. The second kappa shape index (κ2) is 6.30. The predicted molar refractivity (Wildman–Crippen MR) is 76.1 cm³/mol. The number of rotatable bonds is 4. The summed E-state index contributed by atoms with van der Waals surface area (Å²) in [5, 5.41) is 12.5. The number of halogens is 3. The summed E-state index contributed by atoms with van der Waals surface area (Å²) in [4.78, 5) is 10.7. The van der Waals surface area contributed by atoms with Crippen molar-refractivity contribution in [1.82, 2.24) is 0 Å². The van der Waals surface area contributed by atoms with Crippen molar-refractivity contribution in [2.24, 2.45) is 5.10 Å². The normalized spacial score (nSPS) is 11.6. The van der Waals surface area contributed by atoms with E-state index in [1.54, 1.807) is 0 Å². The molecule has 0 unspecified atom stereocenters. The number of carboxylic acid groups (broad SMARTS) is 1. The number of anilines is 1. The van der Waals surface area contributed by atoms with Gasteiger partial charge in [-0.25, -0.2) is 4.79 Å². The van der Waals surface area contributed by atoms with Crippen molar-refractivity contribution in [2.45, 2.75) is 6.18 Å². The number of aromatic carboxylic acids is 1. The molecule has 0 bridgehead atoms. The molecule has 0 saturated carbocycles. The number of nitrogens with zero attached hydrogens (tertiary/aromatic N) is 1.